The lowest BCUT2D eigenvalue weighted by Crippen LogP contribution is -2.29. The quantitative estimate of drug-likeness (QED) is 0.569. The van der Waals surface area contributed by atoms with Crippen molar-refractivity contribution in [1.29, 1.82) is 0 Å². The largest absolute Gasteiger partial charge is 0.361 e. The smallest absolute Gasteiger partial charge is 0.269 e. The van der Waals surface area contributed by atoms with E-state index in [0.717, 1.165) is 5.52 Å². The molecule has 1 amide bonds. The van der Waals surface area contributed by atoms with Crippen LogP contribution in [0.25, 0.3) is 10.9 Å². The van der Waals surface area contributed by atoms with E-state index in [1.54, 1.807) is 29.7 Å². The van der Waals surface area contributed by atoms with Crippen LogP contribution in [0.5, 0.6) is 0 Å². The van der Waals surface area contributed by atoms with Crippen molar-refractivity contribution in [2.24, 2.45) is 0 Å². The number of benzene rings is 1. The fourth-order valence-corrected chi connectivity index (χ4v) is 3.86. The maximum absolute atomic E-state index is 12.4. The zero-order valence-electron chi connectivity index (χ0n) is 13.5. The first-order valence-electron chi connectivity index (χ1n) is 8.11. The summed E-state index contributed by atoms with van der Waals surface area (Å²) in [5, 5.41) is 6.29. The summed E-state index contributed by atoms with van der Waals surface area (Å²) in [7, 11) is 0. The summed E-state index contributed by atoms with van der Waals surface area (Å²) in [6, 6.07) is 17.7. The van der Waals surface area contributed by atoms with Crippen LogP contribution < -0.4 is 5.32 Å². The van der Waals surface area contributed by atoms with Crippen LogP contribution >= 0.6 is 11.3 Å². The molecule has 4 rings (SSSR count). The molecule has 0 bridgehead atoms. The molecule has 3 heterocycles. The molecule has 0 unspecified atom stereocenters. The molecule has 5 heteroatoms. The van der Waals surface area contributed by atoms with Crippen molar-refractivity contribution < 1.29 is 4.79 Å². The number of hydrogen-bond donors (Lipinski definition) is 2. The van der Waals surface area contributed by atoms with Crippen molar-refractivity contribution >= 4 is 28.1 Å². The van der Waals surface area contributed by atoms with Gasteiger partial charge in [0.1, 0.15) is 5.69 Å². The predicted molar refractivity (Wildman–Crippen MR) is 101 cm³/mol. The lowest BCUT2D eigenvalue weighted by Gasteiger charge is -2.16. The molecule has 0 aliphatic carbocycles. The minimum atomic E-state index is -0.151. The number of nitrogens with zero attached hydrogens (tertiary/aromatic N) is 1. The van der Waals surface area contributed by atoms with Gasteiger partial charge in [0.15, 0.2) is 0 Å². The third kappa shape index (κ3) is 3.19. The van der Waals surface area contributed by atoms with E-state index >= 15 is 0 Å². The molecular formula is C20H17N3OS. The fourth-order valence-electron chi connectivity index (χ4n) is 3.02. The molecular weight excluding hydrogens is 330 g/mol. The van der Waals surface area contributed by atoms with Crippen molar-refractivity contribution in [3.05, 3.63) is 88.5 Å². The molecule has 0 aliphatic heterocycles. The standard InChI is InChI=1S/C20H17N3OS/c24-20(18-8-3-4-10-21-18)23-13-16(19-9-5-11-25-19)15-12-22-17-7-2-1-6-14(15)17/h1-12,16,22H,13H2,(H,23,24)/t16-/m1/s1. The normalized spacial score (nSPS) is 12.2. The molecule has 124 valence electrons. The van der Waals surface area contributed by atoms with Crippen molar-refractivity contribution in [2.75, 3.05) is 6.54 Å². The second-order valence-electron chi connectivity index (χ2n) is 5.78. The Morgan fingerprint density at radius 2 is 2.00 bits per heavy atom. The van der Waals surface area contributed by atoms with E-state index < -0.39 is 0 Å². The van der Waals surface area contributed by atoms with Gasteiger partial charge in [-0.05, 0) is 35.2 Å². The van der Waals surface area contributed by atoms with Gasteiger partial charge in [-0.25, -0.2) is 0 Å². The van der Waals surface area contributed by atoms with E-state index in [2.05, 4.69) is 38.9 Å². The molecule has 1 aromatic carbocycles. The monoisotopic (exact) mass is 347 g/mol. The Balaban J connectivity index is 1.63. The Labute approximate surface area is 149 Å². The number of H-pyrrole nitrogens is 1. The SMILES string of the molecule is O=C(NC[C@@H](c1cccs1)c1c[nH]c2ccccc12)c1ccccn1. The van der Waals surface area contributed by atoms with Gasteiger partial charge >= 0.3 is 0 Å². The summed E-state index contributed by atoms with van der Waals surface area (Å²) in [5.74, 6) is -0.0502. The van der Waals surface area contributed by atoms with Gasteiger partial charge in [0, 0.05) is 40.6 Å². The average Bonchev–Trinajstić information content (AvgIpc) is 3.33. The lowest BCUT2D eigenvalue weighted by atomic mass is 9.96. The Morgan fingerprint density at radius 1 is 1.12 bits per heavy atom. The molecule has 0 saturated carbocycles. The van der Waals surface area contributed by atoms with Crippen LogP contribution in [0.1, 0.15) is 26.8 Å². The Kier molecular flexibility index (Phi) is 4.31. The van der Waals surface area contributed by atoms with Gasteiger partial charge in [0.05, 0.1) is 0 Å². The molecule has 4 aromatic rings. The number of carbonyl (C=O) groups excluding carboxylic acids is 1. The highest BCUT2D eigenvalue weighted by Crippen LogP contribution is 2.32. The van der Waals surface area contributed by atoms with Gasteiger partial charge in [-0.15, -0.1) is 11.3 Å². The highest BCUT2D eigenvalue weighted by atomic mass is 32.1. The summed E-state index contributed by atoms with van der Waals surface area (Å²) >= 11 is 1.70. The lowest BCUT2D eigenvalue weighted by molar-refractivity contribution is 0.0947. The van der Waals surface area contributed by atoms with E-state index in [1.165, 1.54) is 15.8 Å². The van der Waals surface area contributed by atoms with E-state index in [-0.39, 0.29) is 11.8 Å². The summed E-state index contributed by atoms with van der Waals surface area (Å²) < 4.78 is 0. The molecule has 0 aliphatic rings. The number of aromatic amines is 1. The van der Waals surface area contributed by atoms with Crippen LogP contribution in [0.4, 0.5) is 0 Å². The van der Waals surface area contributed by atoms with Crippen LogP contribution in [-0.4, -0.2) is 22.4 Å². The average molecular weight is 347 g/mol. The van der Waals surface area contributed by atoms with Gasteiger partial charge in [0.25, 0.3) is 5.91 Å². The first kappa shape index (κ1) is 15.6. The molecule has 0 fully saturated rings. The van der Waals surface area contributed by atoms with E-state index in [0.29, 0.717) is 12.2 Å². The minimum absolute atomic E-state index is 0.101. The number of fused-ring (bicyclic) bond motifs is 1. The van der Waals surface area contributed by atoms with Gasteiger partial charge in [-0.2, -0.15) is 0 Å². The Hall–Kier alpha value is -2.92. The summed E-state index contributed by atoms with van der Waals surface area (Å²) in [4.78, 5) is 21.0. The van der Waals surface area contributed by atoms with E-state index in [4.69, 9.17) is 0 Å². The van der Waals surface area contributed by atoms with Crippen LogP contribution in [0, 0.1) is 0 Å². The van der Waals surface area contributed by atoms with Crippen molar-refractivity contribution in [2.45, 2.75) is 5.92 Å². The third-order valence-electron chi connectivity index (χ3n) is 4.25. The zero-order valence-corrected chi connectivity index (χ0v) is 14.3. The van der Waals surface area contributed by atoms with Crippen molar-refractivity contribution in [3.8, 4) is 0 Å². The summed E-state index contributed by atoms with van der Waals surface area (Å²) in [6.07, 6.45) is 3.67. The molecule has 0 saturated heterocycles. The molecule has 3 aromatic heterocycles. The van der Waals surface area contributed by atoms with Crippen LogP contribution in [-0.2, 0) is 0 Å². The second kappa shape index (κ2) is 6.91. The Morgan fingerprint density at radius 3 is 2.80 bits per heavy atom. The summed E-state index contributed by atoms with van der Waals surface area (Å²) in [5.41, 5.74) is 2.74. The molecule has 4 nitrogen and oxygen atoms in total. The predicted octanol–water partition coefficient (Wildman–Crippen LogP) is 4.19. The number of nitrogens with one attached hydrogen (secondary N) is 2. The van der Waals surface area contributed by atoms with Gasteiger partial charge < -0.3 is 10.3 Å². The number of para-hydroxylation sites is 1. The number of amides is 1. The molecule has 0 radical (unpaired) electrons. The first-order valence-corrected chi connectivity index (χ1v) is 8.99. The fraction of sp³-hybridized carbons (Fsp3) is 0.100. The molecule has 1 atom stereocenters. The van der Waals surface area contributed by atoms with Gasteiger partial charge in [-0.1, -0.05) is 30.3 Å². The minimum Gasteiger partial charge on any atom is -0.361 e. The molecule has 25 heavy (non-hydrogen) atoms. The number of thiophene rings is 1. The third-order valence-corrected chi connectivity index (χ3v) is 5.23. The Bertz CT molecular complexity index is 977. The number of hydrogen-bond acceptors (Lipinski definition) is 3. The zero-order chi connectivity index (χ0) is 17.1. The highest BCUT2D eigenvalue weighted by molar-refractivity contribution is 7.10. The van der Waals surface area contributed by atoms with Crippen LogP contribution in [0.15, 0.2) is 72.4 Å². The van der Waals surface area contributed by atoms with Gasteiger partial charge in [0.2, 0.25) is 0 Å². The van der Waals surface area contributed by atoms with Crippen LogP contribution in [0.2, 0.25) is 0 Å². The molecule has 0 spiro atoms. The van der Waals surface area contributed by atoms with Crippen molar-refractivity contribution in [3.63, 3.8) is 0 Å². The first-order chi connectivity index (χ1) is 12.3. The maximum Gasteiger partial charge on any atom is 0.269 e. The van der Waals surface area contributed by atoms with E-state index in [9.17, 15) is 4.79 Å². The van der Waals surface area contributed by atoms with Gasteiger partial charge in [-0.3, -0.25) is 9.78 Å². The maximum atomic E-state index is 12.4. The number of pyridine rings is 1. The molecule has 2 N–H and O–H groups in total. The topological polar surface area (TPSA) is 57.8 Å². The number of aromatic nitrogens is 2. The second-order valence-corrected chi connectivity index (χ2v) is 6.76. The van der Waals surface area contributed by atoms with Crippen LogP contribution in [0.3, 0.4) is 0 Å². The van der Waals surface area contributed by atoms with Crippen molar-refractivity contribution in [1.82, 2.24) is 15.3 Å². The summed E-state index contributed by atoms with van der Waals surface area (Å²) in [6.45, 7) is 0.526. The highest BCUT2D eigenvalue weighted by Gasteiger charge is 2.20. The number of carbonyl (C=O) groups is 1. The van der Waals surface area contributed by atoms with E-state index in [1.807, 2.05) is 30.5 Å². The number of rotatable bonds is 5.